The summed E-state index contributed by atoms with van der Waals surface area (Å²) in [5.41, 5.74) is -0.417. The first kappa shape index (κ1) is 14.2. The van der Waals surface area contributed by atoms with Crippen LogP contribution in [0.5, 0.6) is 0 Å². The van der Waals surface area contributed by atoms with Crippen molar-refractivity contribution in [2.75, 3.05) is 0 Å². The molecule has 29 heavy (non-hydrogen) atoms. The Labute approximate surface area is 180 Å². The maximum Gasteiger partial charge on any atom is 0.338 e. The molecule has 3 nitrogen and oxygen atoms in total. The molecule has 0 aliphatic heterocycles. The number of hydrogen-bond donors (Lipinski definition) is 0. The number of rotatable bonds is 2. The van der Waals surface area contributed by atoms with Crippen molar-refractivity contribution in [2.24, 2.45) is 28.6 Å². The predicted molar refractivity (Wildman–Crippen MR) is 112 cm³/mol. The first-order valence-corrected chi connectivity index (χ1v) is 10.8. The number of ether oxygens (including phenoxy) is 1. The number of ketones is 1. The summed E-state index contributed by atoms with van der Waals surface area (Å²) >= 11 is 0. The molecule has 4 aliphatic rings. The normalized spacial score (nSPS) is 47.4. The molecule has 3 saturated carbocycles. The highest BCUT2D eigenvalue weighted by Gasteiger charge is 2.59. The lowest BCUT2D eigenvalue weighted by atomic mass is 9.47. The number of carbonyl (C=O) groups is 2. The van der Waals surface area contributed by atoms with E-state index in [-0.39, 0.29) is 53.7 Å². The van der Waals surface area contributed by atoms with Crippen molar-refractivity contribution in [2.45, 2.75) is 71.2 Å². The highest BCUT2D eigenvalue weighted by atomic mass is 16.5. The average molecular weight is 398 g/mol. The van der Waals surface area contributed by atoms with E-state index in [9.17, 15) is 9.59 Å². The fourth-order valence-corrected chi connectivity index (χ4v) is 6.72. The Balaban J connectivity index is 1.47. The molecule has 0 heterocycles. The van der Waals surface area contributed by atoms with Crippen LogP contribution < -0.4 is 0 Å². The summed E-state index contributed by atoms with van der Waals surface area (Å²) in [6, 6.07) is 8.51. The van der Waals surface area contributed by atoms with Crippen molar-refractivity contribution < 1.29 is 21.2 Å². The number of hydrogen-bond acceptors (Lipinski definition) is 3. The van der Waals surface area contributed by atoms with Gasteiger partial charge in [-0.3, -0.25) is 4.79 Å². The van der Waals surface area contributed by atoms with Crippen molar-refractivity contribution in [3.63, 3.8) is 0 Å². The number of carbonyl (C=O) groups excluding carboxylic acids is 2. The molecule has 0 saturated heterocycles. The number of fused-ring (bicyclic) bond motifs is 5. The maximum absolute atomic E-state index is 12.8. The second kappa shape index (κ2) is 6.82. The van der Waals surface area contributed by atoms with Gasteiger partial charge in [0.2, 0.25) is 0 Å². The van der Waals surface area contributed by atoms with Crippen LogP contribution in [0.2, 0.25) is 0 Å². The summed E-state index contributed by atoms with van der Waals surface area (Å²) in [4.78, 5) is 25.4. The van der Waals surface area contributed by atoms with Crippen LogP contribution in [0.25, 0.3) is 0 Å². The molecule has 0 radical (unpaired) electrons. The summed E-state index contributed by atoms with van der Waals surface area (Å²) in [5, 5.41) is 0. The SMILES string of the molecule is [2H]C1=C2C([2H])([2H])C[C@H]3[C@@H]4CC[C@H](OC(=O)c5ccccc5)[C@@]4(C)CC[C@@H]3[C@@]2(C)CC([2H])([2H])C1=O. The smallest absolute Gasteiger partial charge is 0.338 e. The first-order chi connectivity index (χ1) is 15.8. The Morgan fingerprint density at radius 2 is 1.86 bits per heavy atom. The summed E-state index contributed by atoms with van der Waals surface area (Å²) in [7, 11) is 0. The standard InChI is InChI=1S/C26H32O3/c1-25-14-12-19(27)16-18(25)8-9-20-21-10-11-23(26(21,2)15-13-22(20)25)29-24(28)17-6-4-3-5-7-17/h3-7,16,20-23H,8-15H2,1-2H3/t20-,21-,22-,23-,25-,26-/m0/s1/i8D2,12D2,16D. The minimum atomic E-state index is -2.16. The zero-order valence-electron chi connectivity index (χ0n) is 22.2. The van der Waals surface area contributed by atoms with Crippen molar-refractivity contribution >= 4 is 11.8 Å². The Hall–Kier alpha value is -1.90. The highest BCUT2D eigenvalue weighted by Crippen LogP contribution is 2.65. The number of allylic oxidation sites excluding steroid dienone is 1. The third-order valence-electron chi connectivity index (χ3n) is 8.37. The molecule has 0 spiro atoms. The molecule has 0 amide bonds. The van der Waals surface area contributed by atoms with Gasteiger partial charge in [-0.25, -0.2) is 4.79 Å². The van der Waals surface area contributed by atoms with E-state index in [4.69, 9.17) is 11.6 Å². The Morgan fingerprint density at radius 3 is 2.66 bits per heavy atom. The van der Waals surface area contributed by atoms with Gasteiger partial charge in [-0.1, -0.05) is 37.6 Å². The average Bonchev–Trinajstić information content (AvgIpc) is 3.08. The van der Waals surface area contributed by atoms with Crippen LogP contribution in [0.1, 0.15) is 82.3 Å². The molecule has 3 fully saturated rings. The highest BCUT2D eigenvalue weighted by molar-refractivity contribution is 5.91. The maximum atomic E-state index is 12.8. The predicted octanol–water partition coefficient (Wildman–Crippen LogP) is 5.74. The van der Waals surface area contributed by atoms with Crippen LogP contribution in [0.4, 0.5) is 0 Å². The molecule has 3 heteroatoms. The molecular weight excluding hydrogens is 360 g/mol. The molecule has 1 aromatic rings. The zero-order chi connectivity index (χ0) is 24.7. The Bertz CT molecular complexity index is 1070. The lowest BCUT2D eigenvalue weighted by Gasteiger charge is -2.57. The van der Waals surface area contributed by atoms with Crippen LogP contribution in [0.15, 0.2) is 42.0 Å². The van der Waals surface area contributed by atoms with Crippen LogP contribution in [0.3, 0.4) is 0 Å². The largest absolute Gasteiger partial charge is 0.458 e. The molecule has 0 N–H and O–H groups in total. The van der Waals surface area contributed by atoms with E-state index >= 15 is 0 Å². The van der Waals surface area contributed by atoms with Gasteiger partial charge in [0.15, 0.2) is 5.78 Å². The topological polar surface area (TPSA) is 43.4 Å². The van der Waals surface area contributed by atoms with Crippen molar-refractivity contribution in [3.8, 4) is 0 Å². The summed E-state index contributed by atoms with van der Waals surface area (Å²) in [6.07, 6.45) is -0.995. The van der Waals surface area contributed by atoms with E-state index in [2.05, 4.69) is 6.92 Å². The van der Waals surface area contributed by atoms with Gasteiger partial charge in [-0.2, -0.15) is 0 Å². The fraction of sp³-hybridized carbons (Fsp3) is 0.615. The van der Waals surface area contributed by atoms with E-state index in [1.54, 1.807) is 12.1 Å². The van der Waals surface area contributed by atoms with Crippen molar-refractivity contribution in [3.05, 3.63) is 47.5 Å². The van der Waals surface area contributed by atoms with Gasteiger partial charge < -0.3 is 4.74 Å². The summed E-state index contributed by atoms with van der Waals surface area (Å²) < 4.78 is 48.8. The van der Waals surface area contributed by atoms with Gasteiger partial charge in [0.25, 0.3) is 0 Å². The third kappa shape index (κ3) is 2.92. The minimum absolute atomic E-state index is 0.00324. The van der Waals surface area contributed by atoms with Gasteiger partial charge >= 0.3 is 5.97 Å². The Morgan fingerprint density at radius 1 is 1.07 bits per heavy atom. The molecule has 0 bridgehead atoms. The molecule has 154 valence electrons. The van der Waals surface area contributed by atoms with Crippen molar-refractivity contribution in [1.82, 2.24) is 0 Å². The van der Waals surface area contributed by atoms with Gasteiger partial charge in [0.05, 0.1) is 6.93 Å². The van der Waals surface area contributed by atoms with Gasteiger partial charge in [0.1, 0.15) is 6.10 Å². The molecule has 5 rings (SSSR count). The van der Waals surface area contributed by atoms with Crippen LogP contribution in [-0.2, 0) is 9.53 Å². The van der Waals surface area contributed by atoms with Crippen LogP contribution in [-0.4, -0.2) is 17.9 Å². The molecule has 0 unspecified atom stereocenters. The van der Waals surface area contributed by atoms with E-state index in [0.717, 1.165) is 25.7 Å². The molecule has 0 aromatic heterocycles. The second-order valence-corrected chi connectivity index (χ2v) is 9.74. The van der Waals surface area contributed by atoms with E-state index < -0.39 is 30.0 Å². The molecule has 4 aliphatic carbocycles. The molecule has 1 aromatic carbocycles. The molecule has 6 atom stereocenters. The van der Waals surface area contributed by atoms with E-state index in [1.165, 1.54) is 0 Å². The van der Waals surface area contributed by atoms with Crippen LogP contribution >= 0.6 is 0 Å². The number of esters is 1. The van der Waals surface area contributed by atoms with Crippen LogP contribution in [0, 0.1) is 28.6 Å². The lowest BCUT2D eigenvalue weighted by molar-refractivity contribution is -0.118. The zero-order valence-corrected chi connectivity index (χ0v) is 17.2. The molecular formula is C26H32O3. The monoisotopic (exact) mass is 397 g/mol. The van der Waals surface area contributed by atoms with E-state index in [0.29, 0.717) is 5.56 Å². The summed E-state index contributed by atoms with van der Waals surface area (Å²) in [6.45, 7) is 4.03. The quantitative estimate of drug-likeness (QED) is 0.597. The number of benzene rings is 1. The Kier molecular flexibility index (Phi) is 3.33. The third-order valence-corrected chi connectivity index (χ3v) is 8.37. The van der Waals surface area contributed by atoms with Gasteiger partial charge in [-0.15, -0.1) is 0 Å². The minimum Gasteiger partial charge on any atom is -0.458 e. The van der Waals surface area contributed by atoms with Gasteiger partial charge in [0, 0.05) is 17.3 Å². The van der Waals surface area contributed by atoms with E-state index in [1.807, 2.05) is 25.1 Å². The van der Waals surface area contributed by atoms with Crippen molar-refractivity contribution in [1.29, 1.82) is 0 Å². The fourth-order valence-electron chi connectivity index (χ4n) is 6.72. The second-order valence-electron chi connectivity index (χ2n) is 9.74. The lowest BCUT2D eigenvalue weighted by Crippen LogP contribution is -2.51. The first-order valence-electron chi connectivity index (χ1n) is 13.3. The summed E-state index contributed by atoms with van der Waals surface area (Å²) in [5.74, 6) is -1.09. The van der Waals surface area contributed by atoms with Gasteiger partial charge in [-0.05, 0) is 86.3 Å².